The van der Waals surface area contributed by atoms with Crippen LogP contribution in [-0.4, -0.2) is 32.4 Å². The number of nitrogens with one attached hydrogen (secondary N) is 2. The largest absolute Gasteiger partial charge is 0.368 e. The van der Waals surface area contributed by atoms with Crippen LogP contribution in [0, 0.1) is 0 Å². The normalized spacial score (nSPS) is 11.2. The van der Waals surface area contributed by atoms with Crippen LogP contribution in [0.5, 0.6) is 0 Å². The number of benzene rings is 1. The lowest BCUT2D eigenvalue weighted by atomic mass is 10.3. The summed E-state index contributed by atoms with van der Waals surface area (Å²) in [6, 6.07) is 7.91. The van der Waals surface area contributed by atoms with Crippen molar-refractivity contribution in [3.63, 3.8) is 0 Å². The van der Waals surface area contributed by atoms with Crippen LogP contribution < -0.4 is 11.1 Å². The number of H-pyrrole nitrogens is 1. The highest BCUT2D eigenvalue weighted by Gasteiger charge is 2.02. The van der Waals surface area contributed by atoms with E-state index in [4.69, 9.17) is 5.73 Å². The van der Waals surface area contributed by atoms with Crippen LogP contribution in [0.3, 0.4) is 0 Å². The first kappa shape index (κ1) is 15.7. The molecule has 1 amide bonds. The van der Waals surface area contributed by atoms with E-state index in [-0.39, 0.29) is 11.9 Å². The first-order valence-electron chi connectivity index (χ1n) is 7.68. The number of aromatic nitrogens is 4. The third-order valence-corrected chi connectivity index (χ3v) is 3.45. The van der Waals surface area contributed by atoms with Gasteiger partial charge in [-0.05, 0) is 24.6 Å². The summed E-state index contributed by atoms with van der Waals surface area (Å²) in [5, 5.41) is 2.84. The summed E-state index contributed by atoms with van der Waals surface area (Å²) in [6.07, 6.45) is 7.82. The molecule has 0 aliphatic carbocycles. The number of hydrogen-bond acceptors (Lipinski definition) is 5. The summed E-state index contributed by atoms with van der Waals surface area (Å²) < 4.78 is 0. The Kier molecular flexibility index (Phi) is 4.81. The Morgan fingerprint density at radius 3 is 2.83 bits per heavy atom. The Morgan fingerprint density at radius 1 is 1.25 bits per heavy atom. The molecular formula is C17H18N6O. The maximum absolute atomic E-state index is 11.7. The minimum Gasteiger partial charge on any atom is -0.368 e. The number of rotatable bonds is 6. The van der Waals surface area contributed by atoms with Crippen LogP contribution in [0.2, 0.25) is 0 Å². The molecule has 0 bridgehead atoms. The number of hydrogen-bond donors (Lipinski definition) is 3. The third-order valence-electron chi connectivity index (χ3n) is 3.45. The van der Waals surface area contributed by atoms with Crippen LogP contribution in [0.15, 0.2) is 42.7 Å². The lowest BCUT2D eigenvalue weighted by molar-refractivity contribution is -0.116. The highest BCUT2D eigenvalue weighted by Crippen LogP contribution is 2.11. The van der Waals surface area contributed by atoms with Gasteiger partial charge in [0.25, 0.3) is 0 Å². The molecule has 0 unspecified atom stereocenters. The van der Waals surface area contributed by atoms with Crippen molar-refractivity contribution in [3.05, 3.63) is 54.1 Å². The van der Waals surface area contributed by atoms with Gasteiger partial charge in [-0.1, -0.05) is 12.1 Å². The van der Waals surface area contributed by atoms with Gasteiger partial charge >= 0.3 is 0 Å². The number of nitrogen functional groups attached to an aromatic ring is 1. The summed E-state index contributed by atoms with van der Waals surface area (Å²) in [5.41, 5.74) is 8.12. The molecule has 24 heavy (non-hydrogen) atoms. The van der Waals surface area contributed by atoms with Crippen molar-refractivity contribution in [2.75, 3.05) is 12.3 Å². The number of nitrogens with two attached hydrogens (primary N) is 1. The van der Waals surface area contributed by atoms with E-state index in [0.29, 0.717) is 6.54 Å². The average Bonchev–Trinajstić information content (AvgIpc) is 3.01. The van der Waals surface area contributed by atoms with Gasteiger partial charge in [0.05, 0.1) is 11.0 Å². The monoisotopic (exact) mass is 322 g/mol. The smallest absolute Gasteiger partial charge is 0.244 e. The number of carbonyl (C=O) groups excluding carboxylic acids is 1. The van der Waals surface area contributed by atoms with Gasteiger partial charge in [-0.15, -0.1) is 0 Å². The molecule has 4 N–H and O–H groups in total. The lowest BCUT2D eigenvalue weighted by Gasteiger charge is -2.00. The van der Waals surface area contributed by atoms with Crippen molar-refractivity contribution < 1.29 is 4.79 Å². The van der Waals surface area contributed by atoms with E-state index < -0.39 is 0 Å². The van der Waals surface area contributed by atoms with Crippen molar-refractivity contribution in [1.29, 1.82) is 0 Å². The van der Waals surface area contributed by atoms with Gasteiger partial charge in [0.1, 0.15) is 5.82 Å². The summed E-state index contributed by atoms with van der Waals surface area (Å²) >= 11 is 0. The minimum absolute atomic E-state index is 0.156. The number of aromatic amines is 1. The number of imidazole rings is 1. The Bertz CT molecular complexity index is 820. The number of amides is 1. The molecule has 122 valence electrons. The molecule has 0 aliphatic heterocycles. The van der Waals surface area contributed by atoms with Crippen LogP contribution >= 0.6 is 0 Å². The zero-order valence-electron chi connectivity index (χ0n) is 13.1. The fourth-order valence-electron chi connectivity index (χ4n) is 2.26. The van der Waals surface area contributed by atoms with Gasteiger partial charge in [-0.25, -0.2) is 15.0 Å². The lowest BCUT2D eigenvalue weighted by Crippen LogP contribution is -2.22. The molecule has 3 rings (SSSR count). The summed E-state index contributed by atoms with van der Waals surface area (Å²) in [7, 11) is 0. The van der Waals surface area contributed by atoms with Crippen molar-refractivity contribution >= 4 is 29.0 Å². The van der Waals surface area contributed by atoms with E-state index >= 15 is 0 Å². The van der Waals surface area contributed by atoms with Gasteiger partial charge < -0.3 is 16.0 Å². The predicted molar refractivity (Wildman–Crippen MR) is 92.9 cm³/mol. The first-order chi connectivity index (χ1) is 11.7. The molecule has 2 aromatic heterocycles. The maximum Gasteiger partial charge on any atom is 0.244 e. The Balaban J connectivity index is 1.42. The van der Waals surface area contributed by atoms with Crippen LogP contribution in [0.4, 0.5) is 5.95 Å². The summed E-state index contributed by atoms with van der Waals surface area (Å²) in [4.78, 5) is 27.2. The van der Waals surface area contributed by atoms with Crippen LogP contribution in [0.1, 0.15) is 17.8 Å². The second kappa shape index (κ2) is 7.36. The van der Waals surface area contributed by atoms with Crippen LogP contribution in [0.25, 0.3) is 17.1 Å². The average molecular weight is 322 g/mol. The number of aryl methyl sites for hydroxylation is 1. The standard InChI is InChI=1S/C17H18N6O/c18-17-20-10-12(11-21-17)7-8-16(24)19-9-3-6-15-22-13-4-1-2-5-14(13)23-15/h1-2,4-5,7-8,10-11H,3,6,9H2,(H,19,24)(H,22,23)(H2,18,20,21). The molecular weight excluding hydrogens is 304 g/mol. The Labute approximate surface area is 139 Å². The van der Waals surface area contributed by atoms with E-state index in [2.05, 4.69) is 25.3 Å². The SMILES string of the molecule is Nc1ncc(C=CC(=O)NCCCc2nc3ccccc3[nH]2)cn1. The predicted octanol–water partition coefficient (Wildman–Crippen LogP) is 1.70. The summed E-state index contributed by atoms with van der Waals surface area (Å²) in [6.45, 7) is 0.582. The molecule has 2 heterocycles. The van der Waals surface area contributed by atoms with E-state index in [9.17, 15) is 4.79 Å². The molecule has 7 heteroatoms. The quantitative estimate of drug-likeness (QED) is 0.472. The molecule has 0 saturated carbocycles. The van der Waals surface area contributed by atoms with Crippen molar-refractivity contribution in [2.24, 2.45) is 0 Å². The Morgan fingerprint density at radius 2 is 2.04 bits per heavy atom. The fraction of sp³-hybridized carbons (Fsp3) is 0.176. The van der Waals surface area contributed by atoms with E-state index in [0.717, 1.165) is 35.3 Å². The minimum atomic E-state index is -0.156. The highest BCUT2D eigenvalue weighted by atomic mass is 16.1. The van der Waals surface area contributed by atoms with Gasteiger partial charge in [0.15, 0.2) is 0 Å². The van der Waals surface area contributed by atoms with Gasteiger partial charge in [0.2, 0.25) is 11.9 Å². The molecule has 0 saturated heterocycles. The maximum atomic E-state index is 11.7. The molecule has 0 radical (unpaired) electrons. The summed E-state index contributed by atoms with van der Waals surface area (Å²) in [5.74, 6) is 0.985. The zero-order valence-corrected chi connectivity index (χ0v) is 13.1. The van der Waals surface area contributed by atoms with E-state index in [1.54, 1.807) is 18.5 Å². The molecule has 7 nitrogen and oxygen atoms in total. The number of anilines is 1. The molecule has 0 aliphatic rings. The van der Waals surface area contributed by atoms with Crippen molar-refractivity contribution in [2.45, 2.75) is 12.8 Å². The Hall–Kier alpha value is -3.22. The molecule has 0 atom stereocenters. The van der Waals surface area contributed by atoms with E-state index in [1.165, 1.54) is 6.08 Å². The van der Waals surface area contributed by atoms with Gasteiger partial charge in [-0.2, -0.15) is 0 Å². The van der Waals surface area contributed by atoms with Crippen molar-refractivity contribution in [3.8, 4) is 0 Å². The molecule has 3 aromatic rings. The number of carbonyl (C=O) groups is 1. The van der Waals surface area contributed by atoms with Crippen LogP contribution in [-0.2, 0) is 11.2 Å². The van der Waals surface area contributed by atoms with Gasteiger partial charge in [-0.3, -0.25) is 4.79 Å². The number of para-hydroxylation sites is 2. The fourth-order valence-corrected chi connectivity index (χ4v) is 2.26. The number of fused-ring (bicyclic) bond motifs is 1. The third kappa shape index (κ3) is 4.16. The molecule has 0 spiro atoms. The second-order valence-corrected chi connectivity index (χ2v) is 5.30. The van der Waals surface area contributed by atoms with E-state index in [1.807, 2.05) is 24.3 Å². The van der Waals surface area contributed by atoms with Crippen molar-refractivity contribution in [1.82, 2.24) is 25.3 Å². The van der Waals surface area contributed by atoms with Gasteiger partial charge in [0, 0.05) is 37.0 Å². The topological polar surface area (TPSA) is 110 Å². The number of nitrogens with zero attached hydrogens (tertiary/aromatic N) is 3. The molecule has 1 aromatic carbocycles. The molecule has 0 fully saturated rings. The highest BCUT2D eigenvalue weighted by molar-refractivity contribution is 5.91. The zero-order chi connectivity index (χ0) is 16.8. The first-order valence-corrected chi connectivity index (χ1v) is 7.68. The second-order valence-electron chi connectivity index (χ2n) is 5.30.